The minimum Gasteiger partial charge on any atom is -0.493 e. The molecule has 3 aromatic rings. The molecule has 0 bridgehead atoms. The molecule has 2 aliphatic heterocycles. The van der Waals surface area contributed by atoms with Gasteiger partial charge in [-0.2, -0.15) is 0 Å². The average molecular weight is 381 g/mol. The number of benzene rings is 2. The molecule has 1 aromatic heterocycles. The number of fused-ring (bicyclic) bond motifs is 2. The van der Waals surface area contributed by atoms with E-state index in [1.807, 2.05) is 36.4 Å². The molecule has 0 radical (unpaired) electrons. The molecule has 2 aliphatic rings. The van der Waals surface area contributed by atoms with Gasteiger partial charge in [0.25, 0.3) is 0 Å². The van der Waals surface area contributed by atoms with E-state index in [-0.39, 0.29) is 18.9 Å². The Kier molecular flexibility index (Phi) is 3.92. The zero-order valence-corrected chi connectivity index (χ0v) is 15.5. The van der Waals surface area contributed by atoms with Gasteiger partial charge in [-0.1, -0.05) is 17.2 Å². The summed E-state index contributed by atoms with van der Waals surface area (Å²) in [6, 6.07) is 11.8. The highest BCUT2D eigenvalue weighted by Gasteiger charge is 2.32. The van der Waals surface area contributed by atoms with Crippen molar-refractivity contribution in [2.24, 2.45) is 0 Å². The summed E-state index contributed by atoms with van der Waals surface area (Å²) < 4.78 is 23.6. The maximum absolute atomic E-state index is 5.54. The number of aromatic nitrogens is 4. The molecule has 3 heterocycles. The van der Waals surface area contributed by atoms with Gasteiger partial charge in [-0.15, -0.1) is 0 Å². The van der Waals surface area contributed by atoms with Crippen LogP contribution in [0.5, 0.6) is 23.0 Å². The van der Waals surface area contributed by atoms with E-state index in [2.05, 4.69) is 20.8 Å². The summed E-state index contributed by atoms with van der Waals surface area (Å²) in [4.78, 5) is 0. The maximum atomic E-state index is 5.54. The van der Waals surface area contributed by atoms with Crippen LogP contribution in [0.2, 0.25) is 0 Å². The van der Waals surface area contributed by atoms with Gasteiger partial charge in [0.1, 0.15) is 0 Å². The third-order valence-corrected chi connectivity index (χ3v) is 5.14. The van der Waals surface area contributed by atoms with Gasteiger partial charge in [0.2, 0.25) is 12.7 Å². The van der Waals surface area contributed by atoms with E-state index >= 15 is 0 Å². The van der Waals surface area contributed by atoms with Gasteiger partial charge in [-0.05, 0) is 52.2 Å². The molecule has 0 fully saturated rings. The van der Waals surface area contributed by atoms with Crippen LogP contribution in [-0.2, 0) is 0 Å². The molecule has 9 heteroatoms. The average Bonchev–Trinajstić information content (AvgIpc) is 3.40. The summed E-state index contributed by atoms with van der Waals surface area (Å²) in [7, 11) is 3.26. The number of hydrogen-bond donors (Lipinski definition) is 1. The summed E-state index contributed by atoms with van der Waals surface area (Å²) >= 11 is 0. The Bertz CT molecular complexity index is 1020. The van der Waals surface area contributed by atoms with Crippen molar-refractivity contribution >= 4 is 5.95 Å². The van der Waals surface area contributed by atoms with Crippen LogP contribution in [0.1, 0.15) is 29.6 Å². The lowest BCUT2D eigenvalue weighted by Gasteiger charge is -2.31. The van der Waals surface area contributed by atoms with Crippen molar-refractivity contribution in [3.05, 3.63) is 47.5 Å². The number of tetrazole rings is 1. The number of rotatable bonds is 4. The smallest absolute Gasteiger partial charge is 0.243 e. The van der Waals surface area contributed by atoms with E-state index in [0.717, 1.165) is 29.0 Å². The molecule has 1 N–H and O–H groups in total. The number of ether oxygens (including phenoxy) is 4. The van der Waals surface area contributed by atoms with Crippen LogP contribution in [-0.4, -0.2) is 41.2 Å². The zero-order chi connectivity index (χ0) is 19.1. The van der Waals surface area contributed by atoms with Crippen LogP contribution in [0, 0.1) is 0 Å². The molecule has 0 aliphatic carbocycles. The summed E-state index contributed by atoms with van der Waals surface area (Å²) in [5.41, 5.74) is 2.13. The number of methoxy groups -OCH3 is 2. The van der Waals surface area contributed by atoms with Crippen LogP contribution < -0.4 is 24.3 Å². The van der Waals surface area contributed by atoms with Gasteiger partial charge >= 0.3 is 0 Å². The molecule has 2 aromatic carbocycles. The standard InChI is InChI=1S/C19H19N5O4/c1-25-15-5-3-11(7-17(15)26-2)13-9-14(24-19(20-13)21-22-23-24)12-4-6-16-18(8-12)28-10-27-16/h3-8,13-14H,9-10H2,1-2H3,(H,20,21,23)/t13-,14-/m0/s1. The summed E-state index contributed by atoms with van der Waals surface area (Å²) in [6.45, 7) is 0.245. The topological polar surface area (TPSA) is 92.6 Å². The van der Waals surface area contributed by atoms with Crippen LogP contribution in [0.15, 0.2) is 36.4 Å². The molecule has 0 saturated heterocycles. The van der Waals surface area contributed by atoms with Crippen molar-refractivity contribution in [3.63, 3.8) is 0 Å². The third-order valence-electron chi connectivity index (χ3n) is 5.14. The van der Waals surface area contributed by atoms with Gasteiger partial charge in [-0.3, -0.25) is 0 Å². The lowest BCUT2D eigenvalue weighted by molar-refractivity contribution is 0.174. The second-order valence-corrected chi connectivity index (χ2v) is 6.62. The maximum Gasteiger partial charge on any atom is 0.243 e. The molecule has 144 valence electrons. The Hall–Kier alpha value is -3.49. The first kappa shape index (κ1) is 16.7. The fourth-order valence-corrected chi connectivity index (χ4v) is 3.72. The molecule has 0 unspecified atom stereocenters. The van der Waals surface area contributed by atoms with Gasteiger partial charge in [-0.25, -0.2) is 4.68 Å². The Balaban J connectivity index is 1.52. The van der Waals surface area contributed by atoms with E-state index in [1.54, 1.807) is 18.9 Å². The highest BCUT2D eigenvalue weighted by atomic mass is 16.7. The first-order valence-electron chi connectivity index (χ1n) is 8.92. The highest BCUT2D eigenvalue weighted by molar-refractivity contribution is 5.48. The van der Waals surface area contributed by atoms with Gasteiger partial charge in [0, 0.05) is 0 Å². The van der Waals surface area contributed by atoms with Crippen LogP contribution in [0.25, 0.3) is 0 Å². The van der Waals surface area contributed by atoms with Crippen molar-refractivity contribution < 1.29 is 18.9 Å². The first-order chi connectivity index (χ1) is 13.8. The molecule has 28 heavy (non-hydrogen) atoms. The molecule has 0 saturated carbocycles. The second kappa shape index (κ2) is 6.59. The lowest BCUT2D eigenvalue weighted by Crippen LogP contribution is -2.28. The van der Waals surface area contributed by atoms with Crippen molar-refractivity contribution in [1.82, 2.24) is 20.2 Å². The monoisotopic (exact) mass is 381 g/mol. The highest BCUT2D eigenvalue weighted by Crippen LogP contribution is 2.42. The van der Waals surface area contributed by atoms with Crippen LogP contribution >= 0.6 is 0 Å². The Morgan fingerprint density at radius 1 is 1.00 bits per heavy atom. The van der Waals surface area contributed by atoms with Crippen LogP contribution in [0.4, 0.5) is 5.95 Å². The van der Waals surface area contributed by atoms with Crippen LogP contribution in [0.3, 0.4) is 0 Å². The molecule has 0 spiro atoms. The van der Waals surface area contributed by atoms with E-state index in [0.29, 0.717) is 17.4 Å². The molecular formula is C19H19N5O4. The van der Waals surface area contributed by atoms with E-state index < -0.39 is 0 Å². The third kappa shape index (κ3) is 2.67. The molecule has 0 amide bonds. The summed E-state index contributed by atoms with van der Waals surface area (Å²) in [5.74, 6) is 3.50. The van der Waals surface area contributed by atoms with Crippen molar-refractivity contribution in [2.75, 3.05) is 26.3 Å². The fraction of sp³-hybridized carbons (Fsp3) is 0.316. The lowest BCUT2D eigenvalue weighted by atomic mass is 9.93. The van der Waals surface area contributed by atoms with E-state index in [9.17, 15) is 0 Å². The quantitative estimate of drug-likeness (QED) is 0.737. The molecule has 2 atom stereocenters. The predicted octanol–water partition coefficient (Wildman–Crippen LogP) is 2.57. The number of nitrogens with one attached hydrogen (secondary N) is 1. The zero-order valence-electron chi connectivity index (χ0n) is 15.5. The SMILES string of the molecule is COc1ccc([C@@H]2C[C@@H](c3ccc4c(c3)OCO4)n3nnnc3N2)cc1OC. The Morgan fingerprint density at radius 3 is 2.68 bits per heavy atom. The summed E-state index contributed by atoms with van der Waals surface area (Å²) in [6.07, 6.45) is 0.757. The molecular weight excluding hydrogens is 362 g/mol. The number of nitrogens with zero attached hydrogens (tertiary/aromatic N) is 4. The second-order valence-electron chi connectivity index (χ2n) is 6.62. The van der Waals surface area contributed by atoms with Crippen molar-refractivity contribution in [1.29, 1.82) is 0 Å². The van der Waals surface area contributed by atoms with Crippen molar-refractivity contribution in [2.45, 2.75) is 18.5 Å². The minimum absolute atomic E-state index is 0.00808. The van der Waals surface area contributed by atoms with Crippen molar-refractivity contribution in [3.8, 4) is 23.0 Å². The largest absolute Gasteiger partial charge is 0.493 e. The normalized spacial score (nSPS) is 19.6. The number of hydrogen-bond acceptors (Lipinski definition) is 8. The predicted molar refractivity (Wildman–Crippen MR) is 99.0 cm³/mol. The van der Waals surface area contributed by atoms with E-state index in [4.69, 9.17) is 18.9 Å². The van der Waals surface area contributed by atoms with E-state index in [1.165, 1.54) is 0 Å². The van der Waals surface area contributed by atoms with Gasteiger partial charge in [0.15, 0.2) is 23.0 Å². The fourth-order valence-electron chi connectivity index (χ4n) is 3.72. The summed E-state index contributed by atoms with van der Waals surface area (Å²) in [5, 5.41) is 15.6. The Morgan fingerprint density at radius 2 is 1.82 bits per heavy atom. The molecule has 9 nitrogen and oxygen atoms in total. The van der Waals surface area contributed by atoms with Gasteiger partial charge < -0.3 is 24.3 Å². The number of anilines is 1. The first-order valence-corrected chi connectivity index (χ1v) is 8.92. The minimum atomic E-state index is -0.0427. The Labute approximate surface area is 161 Å². The molecule has 5 rings (SSSR count). The van der Waals surface area contributed by atoms with Gasteiger partial charge in [0.05, 0.1) is 26.3 Å².